The van der Waals surface area contributed by atoms with Crippen molar-refractivity contribution in [3.05, 3.63) is 22.4 Å². The number of carboxylic acids is 1. The highest BCUT2D eigenvalue weighted by molar-refractivity contribution is 6.82. The van der Waals surface area contributed by atoms with Gasteiger partial charge in [0, 0.05) is 6.42 Å². The van der Waals surface area contributed by atoms with Crippen LogP contribution in [0, 0.1) is 0 Å². The molecule has 1 aliphatic rings. The quantitative estimate of drug-likeness (QED) is 0.704. The molecular weight excluding hydrogens is 364 g/mol. The fourth-order valence-corrected chi connectivity index (χ4v) is 11.1. The molecule has 8 heteroatoms. The smallest absolute Gasteiger partial charge is 0.358 e. The Kier molecular flexibility index (Phi) is 6.86. The van der Waals surface area contributed by atoms with Gasteiger partial charge in [-0.05, 0) is 29.5 Å². The third-order valence-electron chi connectivity index (χ3n) is 5.71. The van der Waals surface area contributed by atoms with Crippen LogP contribution in [-0.2, 0) is 4.74 Å². The molecule has 0 saturated carbocycles. The highest BCUT2D eigenvalue weighted by Crippen LogP contribution is 2.41. The predicted octanol–water partition coefficient (Wildman–Crippen LogP) is 3.87. The van der Waals surface area contributed by atoms with Crippen LogP contribution >= 0.6 is 0 Å². The lowest BCUT2D eigenvalue weighted by molar-refractivity contribution is -0.107. The number of aromatic nitrogens is 2. The molecule has 1 unspecified atom stereocenters. The van der Waals surface area contributed by atoms with Crippen molar-refractivity contribution >= 4 is 14.2 Å². The Morgan fingerprint density at radius 2 is 1.81 bits per heavy atom. The minimum Gasteiger partial charge on any atom is -0.476 e. The fraction of sp³-hybridized carbons (Fsp3) is 0.737. The number of hydrogen-bond donors (Lipinski definition) is 1. The van der Waals surface area contributed by atoms with Gasteiger partial charge in [0.05, 0.1) is 12.9 Å². The Labute approximate surface area is 161 Å². The summed E-state index contributed by atoms with van der Waals surface area (Å²) in [7, 11) is -2.38. The van der Waals surface area contributed by atoms with E-state index >= 15 is 0 Å². The maximum atomic E-state index is 13.4. The maximum absolute atomic E-state index is 13.4. The van der Waals surface area contributed by atoms with Gasteiger partial charge >= 0.3 is 5.97 Å². The standard InChI is InChI=1S/C19H32N2O5Si/c1-12(2)27(13(3)4,14(5)6)21-11-20-16(19(23)24)17(18(21)22)26-15-9-7-8-10-25-15/h11-15H,7-10H2,1-6H3,(H,23,24). The van der Waals surface area contributed by atoms with Crippen molar-refractivity contribution in [3.8, 4) is 5.75 Å². The van der Waals surface area contributed by atoms with Crippen LogP contribution in [0.1, 0.15) is 71.3 Å². The van der Waals surface area contributed by atoms with Crippen LogP contribution in [0.4, 0.5) is 0 Å². The Hall–Kier alpha value is -1.67. The van der Waals surface area contributed by atoms with Crippen LogP contribution < -0.4 is 10.3 Å². The molecule has 1 atom stereocenters. The van der Waals surface area contributed by atoms with Gasteiger partial charge in [0.1, 0.15) is 0 Å². The summed E-state index contributed by atoms with van der Waals surface area (Å²) in [6, 6.07) is 0. The zero-order valence-corrected chi connectivity index (χ0v) is 18.2. The van der Waals surface area contributed by atoms with E-state index in [9.17, 15) is 14.7 Å². The summed E-state index contributed by atoms with van der Waals surface area (Å²) < 4.78 is 13.1. The first-order valence-corrected chi connectivity index (χ1v) is 12.0. The summed E-state index contributed by atoms with van der Waals surface area (Å²) in [5.74, 6) is -1.47. The van der Waals surface area contributed by atoms with E-state index in [-0.39, 0.29) is 28.1 Å². The van der Waals surface area contributed by atoms with Gasteiger partial charge in [-0.3, -0.25) is 4.79 Å². The lowest BCUT2D eigenvalue weighted by atomic mass is 10.2. The van der Waals surface area contributed by atoms with Gasteiger partial charge in [0.15, 0.2) is 20.2 Å². The zero-order valence-electron chi connectivity index (χ0n) is 17.2. The number of hydrogen-bond acceptors (Lipinski definition) is 5. The van der Waals surface area contributed by atoms with Crippen LogP contribution in [0.5, 0.6) is 5.75 Å². The lowest BCUT2D eigenvalue weighted by Crippen LogP contribution is -2.56. The van der Waals surface area contributed by atoms with E-state index in [1.807, 2.05) is 0 Å². The van der Waals surface area contributed by atoms with E-state index in [0.717, 1.165) is 12.8 Å². The summed E-state index contributed by atoms with van der Waals surface area (Å²) in [6.07, 6.45) is 3.31. The molecule has 0 spiro atoms. The van der Waals surface area contributed by atoms with Crippen molar-refractivity contribution in [1.29, 1.82) is 0 Å². The topological polar surface area (TPSA) is 90.7 Å². The molecule has 0 aromatic carbocycles. The normalized spacial score (nSPS) is 18.3. The van der Waals surface area contributed by atoms with Crippen LogP contribution in [0.3, 0.4) is 0 Å². The van der Waals surface area contributed by atoms with Crippen molar-refractivity contribution in [2.75, 3.05) is 6.61 Å². The van der Waals surface area contributed by atoms with E-state index in [4.69, 9.17) is 9.47 Å². The van der Waals surface area contributed by atoms with Gasteiger partial charge < -0.3 is 18.8 Å². The molecule has 2 heterocycles. The average Bonchev–Trinajstić information content (AvgIpc) is 2.58. The van der Waals surface area contributed by atoms with Crippen molar-refractivity contribution in [3.63, 3.8) is 0 Å². The van der Waals surface area contributed by atoms with E-state index in [2.05, 4.69) is 46.5 Å². The van der Waals surface area contributed by atoms with Gasteiger partial charge in [-0.1, -0.05) is 41.5 Å². The van der Waals surface area contributed by atoms with Gasteiger partial charge in [-0.2, -0.15) is 0 Å². The number of ether oxygens (including phenoxy) is 2. The summed E-state index contributed by atoms with van der Waals surface area (Å²) in [5.41, 5.74) is 0.0632. The first-order chi connectivity index (χ1) is 12.6. The highest BCUT2D eigenvalue weighted by atomic mass is 28.3. The number of rotatable bonds is 7. The van der Waals surface area contributed by atoms with E-state index in [0.29, 0.717) is 13.0 Å². The van der Waals surface area contributed by atoms with E-state index in [1.165, 1.54) is 6.33 Å². The predicted molar refractivity (Wildman–Crippen MR) is 106 cm³/mol. The number of carbonyl (C=O) groups is 1. The lowest BCUT2D eigenvalue weighted by Gasteiger charge is -2.43. The number of carboxylic acid groups (broad SMARTS) is 1. The molecule has 0 amide bonds. The second-order valence-electron chi connectivity index (χ2n) is 8.17. The molecule has 7 nitrogen and oxygen atoms in total. The van der Waals surface area contributed by atoms with Crippen LogP contribution in [0.15, 0.2) is 11.1 Å². The summed E-state index contributed by atoms with van der Waals surface area (Å²) in [4.78, 5) is 29.2. The van der Waals surface area contributed by atoms with Crippen LogP contribution in [-0.4, -0.2) is 41.4 Å². The van der Waals surface area contributed by atoms with Gasteiger partial charge in [0.25, 0.3) is 5.56 Å². The summed E-state index contributed by atoms with van der Waals surface area (Å²) >= 11 is 0. The second-order valence-corrected chi connectivity index (χ2v) is 13.9. The molecule has 1 fully saturated rings. The number of nitrogens with zero attached hydrogens (tertiary/aromatic N) is 2. The first kappa shape index (κ1) is 21.6. The molecular formula is C19H32N2O5Si. The van der Waals surface area contributed by atoms with Gasteiger partial charge in [-0.15, -0.1) is 0 Å². The van der Waals surface area contributed by atoms with Crippen molar-refractivity contribution in [1.82, 2.24) is 9.22 Å². The molecule has 1 N–H and O–H groups in total. The highest BCUT2D eigenvalue weighted by Gasteiger charge is 2.47. The molecule has 27 heavy (non-hydrogen) atoms. The molecule has 1 saturated heterocycles. The van der Waals surface area contributed by atoms with Crippen molar-refractivity contribution < 1.29 is 19.4 Å². The van der Waals surface area contributed by atoms with E-state index < -0.39 is 26.1 Å². The molecule has 1 aromatic heterocycles. The second kappa shape index (κ2) is 8.56. The monoisotopic (exact) mass is 396 g/mol. The minimum atomic E-state index is -2.38. The zero-order chi connectivity index (χ0) is 20.4. The summed E-state index contributed by atoms with van der Waals surface area (Å²) in [5, 5.41) is 9.52. The Balaban J connectivity index is 2.66. The largest absolute Gasteiger partial charge is 0.476 e. The van der Waals surface area contributed by atoms with Crippen LogP contribution in [0.25, 0.3) is 0 Å². The Bertz CT molecular complexity index is 702. The van der Waals surface area contributed by atoms with Crippen molar-refractivity contribution in [2.24, 2.45) is 0 Å². The Morgan fingerprint density at radius 3 is 2.26 bits per heavy atom. The third kappa shape index (κ3) is 3.96. The molecule has 1 aliphatic heterocycles. The molecule has 0 aliphatic carbocycles. The molecule has 2 rings (SSSR count). The molecule has 1 aromatic rings. The minimum absolute atomic E-state index is 0.198. The summed E-state index contributed by atoms with van der Waals surface area (Å²) in [6.45, 7) is 13.3. The first-order valence-electron chi connectivity index (χ1n) is 9.77. The average molecular weight is 397 g/mol. The molecule has 0 radical (unpaired) electrons. The van der Waals surface area contributed by atoms with Gasteiger partial charge in [0.2, 0.25) is 5.75 Å². The molecule has 0 bridgehead atoms. The molecule has 152 valence electrons. The van der Waals surface area contributed by atoms with Crippen molar-refractivity contribution in [2.45, 2.75) is 83.7 Å². The van der Waals surface area contributed by atoms with E-state index in [1.54, 1.807) is 4.23 Å². The van der Waals surface area contributed by atoms with Crippen LogP contribution in [0.2, 0.25) is 16.6 Å². The third-order valence-corrected chi connectivity index (χ3v) is 12.4. The SMILES string of the molecule is CC(C)[Si](C(C)C)(C(C)C)n1cnc(C(=O)O)c(OC2CCCCO2)c1=O. The fourth-order valence-electron chi connectivity index (χ4n) is 4.74. The maximum Gasteiger partial charge on any atom is 0.358 e. The van der Waals surface area contributed by atoms with Gasteiger partial charge in [-0.25, -0.2) is 9.78 Å². The Morgan fingerprint density at radius 1 is 1.22 bits per heavy atom. The number of aromatic carboxylic acids is 1.